The molecule has 0 N–H and O–H groups in total. The van der Waals surface area contributed by atoms with E-state index in [1.54, 1.807) is 0 Å². The van der Waals surface area contributed by atoms with E-state index in [1.807, 2.05) is 40.7 Å². The van der Waals surface area contributed by atoms with Crippen LogP contribution in [0.15, 0.2) is 11.6 Å². The van der Waals surface area contributed by atoms with Crippen LogP contribution < -0.4 is 0 Å². The van der Waals surface area contributed by atoms with Crippen molar-refractivity contribution in [3.8, 4) is 0 Å². The summed E-state index contributed by atoms with van der Waals surface area (Å²) in [5.74, 6) is -0.539. The highest BCUT2D eigenvalue weighted by Gasteiger charge is 2.20. The predicted molar refractivity (Wildman–Crippen MR) is 51.1 cm³/mol. The van der Waals surface area contributed by atoms with E-state index >= 15 is 0 Å². The highest BCUT2D eigenvalue weighted by Crippen LogP contribution is 2.16. The van der Waals surface area contributed by atoms with Crippen LogP contribution >= 0.6 is 0 Å². The average molecular weight is 172 g/mol. The fraction of sp³-hybridized carbons (Fsp3) is 0.800. The highest BCUT2D eigenvalue weighted by molar-refractivity contribution is 5.01. The molecule has 0 spiro atoms. The van der Waals surface area contributed by atoms with Gasteiger partial charge >= 0.3 is 0 Å². The molecule has 0 aliphatic rings. The first kappa shape index (κ1) is 11.7. The van der Waals surface area contributed by atoms with Crippen LogP contribution in [0.4, 0.5) is 0 Å². The number of allylic oxidation sites excluding steroid dienone is 1. The monoisotopic (exact) mass is 172 g/mol. The minimum atomic E-state index is -0.539. The lowest BCUT2D eigenvalue weighted by Crippen LogP contribution is -2.30. The van der Waals surface area contributed by atoms with Gasteiger partial charge in [0.1, 0.15) is 0 Å². The number of hydrogen-bond donors (Lipinski definition) is 0. The van der Waals surface area contributed by atoms with Gasteiger partial charge in [0.15, 0.2) is 5.79 Å². The molecule has 0 saturated carbocycles. The molecule has 0 atom stereocenters. The van der Waals surface area contributed by atoms with E-state index in [-0.39, 0.29) is 0 Å². The van der Waals surface area contributed by atoms with E-state index < -0.39 is 5.79 Å². The van der Waals surface area contributed by atoms with Crippen molar-refractivity contribution in [1.82, 2.24) is 0 Å². The Kier molecular flexibility index (Phi) is 5.18. The minimum Gasteiger partial charge on any atom is -0.347 e. The Labute approximate surface area is 75.6 Å². The molecular formula is C10H20O2. The topological polar surface area (TPSA) is 18.5 Å². The Hall–Kier alpha value is -0.340. The second kappa shape index (κ2) is 5.33. The van der Waals surface area contributed by atoms with E-state index in [0.717, 1.165) is 0 Å². The molecule has 2 nitrogen and oxygen atoms in total. The molecule has 72 valence electrons. The third kappa shape index (κ3) is 4.52. The fourth-order valence-corrected chi connectivity index (χ4v) is 1.22. The van der Waals surface area contributed by atoms with Gasteiger partial charge in [0, 0.05) is 13.2 Å². The van der Waals surface area contributed by atoms with Gasteiger partial charge < -0.3 is 9.47 Å². The second-order valence-corrected chi connectivity index (χ2v) is 3.10. The molecule has 0 saturated heterocycles. The molecule has 0 bridgehead atoms. The zero-order chi connectivity index (χ0) is 9.61. The van der Waals surface area contributed by atoms with E-state index in [9.17, 15) is 0 Å². The van der Waals surface area contributed by atoms with Crippen LogP contribution in [0.5, 0.6) is 0 Å². The molecule has 0 aromatic carbocycles. The van der Waals surface area contributed by atoms with Gasteiger partial charge in [-0.15, -0.1) is 0 Å². The standard InChI is InChI=1S/C10H20O2/c1-6-11-10(5,12-7-2)8-9(3)4/h8H,6-7H2,1-5H3. The highest BCUT2D eigenvalue weighted by atomic mass is 16.7. The lowest BCUT2D eigenvalue weighted by atomic mass is 10.2. The predicted octanol–water partition coefficient (Wildman–Crippen LogP) is 2.74. The normalized spacial score (nSPS) is 11.4. The van der Waals surface area contributed by atoms with Crippen molar-refractivity contribution in [1.29, 1.82) is 0 Å². The molecule has 0 fully saturated rings. The lowest BCUT2D eigenvalue weighted by molar-refractivity contribution is -0.186. The van der Waals surface area contributed by atoms with Crippen molar-refractivity contribution >= 4 is 0 Å². The fourth-order valence-electron chi connectivity index (χ4n) is 1.22. The molecule has 0 amide bonds. The Balaban J connectivity index is 4.27. The summed E-state index contributed by atoms with van der Waals surface area (Å²) in [6.45, 7) is 11.3. The van der Waals surface area contributed by atoms with E-state index in [1.165, 1.54) is 5.57 Å². The number of rotatable bonds is 5. The molecular weight excluding hydrogens is 152 g/mol. The van der Waals surface area contributed by atoms with E-state index in [0.29, 0.717) is 13.2 Å². The van der Waals surface area contributed by atoms with Crippen molar-refractivity contribution in [2.75, 3.05) is 13.2 Å². The Morgan fingerprint density at radius 3 is 1.83 bits per heavy atom. The van der Waals surface area contributed by atoms with Gasteiger partial charge in [0.05, 0.1) is 0 Å². The summed E-state index contributed by atoms with van der Waals surface area (Å²) < 4.78 is 11.0. The van der Waals surface area contributed by atoms with Crippen LogP contribution in [0, 0.1) is 0 Å². The number of ether oxygens (including phenoxy) is 2. The summed E-state index contributed by atoms with van der Waals surface area (Å²) in [7, 11) is 0. The van der Waals surface area contributed by atoms with Gasteiger partial charge in [0.25, 0.3) is 0 Å². The second-order valence-electron chi connectivity index (χ2n) is 3.10. The zero-order valence-electron chi connectivity index (χ0n) is 8.81. The van der Waals surface area contributed by atoms with E-state index in [4.69, 9.17) is 9.47 Å². The largest absolute Gasteiger partial charge is 0.347 e. The van der Waals surface area contributed by atoms with Gasteiger partial charge in [-0.25, -0.2) is 0 Å². The SMILES string of the molecule is CCOC(C)(C=C(C)C)OCC. The summed E-state index contributed by atoms with van der Waals surface area (Å²) >= 11 is 0. The van der Waals surface area contributed by atoms with Crippen molar-refractivity contribution in [3.05, 3.63) is 11.6 Å². The van der Waals surface area contributed by atoms with Crippen molar-refractivity contribution in [2.45, 2.75) is 40.4 Å². The molecule has 0 heterocycles. The molecule has 0 unspecified atom stereocenters. The van der Waals surface area contributed by atoms with Crippen molar-refractivity contribution in [3.63, 3.8) is 0 Å². The molecule has 2 heteroatoms. The van der Waals surface area contributed by atoms with Crippen LogP contribution in [-0.4, -0.2) is 19.0 Å². The summed E-state index contributed by atoms with van der Waals surface area (Å²) in [4.78, 5) is 0. The first-order chi connectivity index (χ1) is 5.54. The zero-order valence-corrected chi connectivity index (χ0v) is 8.81. The van der Waals surface area contributed by atoms with Crippen LogP contribution in [0.1, 0.15) is 34.6 Å². The van der Waals surface area contributed by atoms with Crippen LogP contribution in [0.2, 0.25) is 0 Å². The maximum atomic E-state index is 5.48. The molecule has 0 radical (unpaired) electrons. The summed E-state index contributed by atoms with van der Waals surface area (Å²) in [6, 6.07) is 0. The third-order valence-corrected chi connectivity index (χ3v) is 1.41. The first-order valence-electron chi connectivity index (χ1n) is 4.48. The smallest absolute Gasteiger partial charge is 0.185 e. The van der Waals surface area contributed by atoms with E-state index in [2.05, 4.69) is 0 Å². The van der Waals surface area contributed by atoms with Gasteiger partial charge in [-0.3, -0.25) is 0 Å². The molecule has 0 rings (SSSR count). The lowest BCUT2D eigenvalue weighted by Gasteiger charge is -2.26. The maximum Gasteiger partial charge on any atom is 0.185 e. The van der Waals surface area contributed by atoms with Crippen molar-refractivity contribution < 1.29 is 9.47 Å². The molecule has 12 heavy (non-hydrogen) atoms. The maximum absolute atomic E-state index is 5.48. The third-order valence-electron chi connectivity index (χ3n) is 1.41. The first-order valence-corrected chi connectivity index (χ1v) is 4.48. The van der Waals surface area contributed by atoms with Crippen LogP contribution in [0.25, 0.3) is 0 Å². The quantitative estimate of drug-likeness (QED) is 0.469. The Morgan fingerprint density at radius 1 is 1.17 bits per heavy atom. The Bertz CT molecular complexity index is 140. The minimum absolute atomic E-state index is 0.539. The molecule has 0 aliphatic heterocycles. The molecule has 0 aromatic rings. The summed E-state index contributed by atoms with van der Waals surface area (Å²) in [5.41, 5.74) is 1.21. The molecule has 0 aliphatic carbocycles. The van der Waals surface area contributed by atoms with Gasteiger partial charge in [-0.05, 0) is 40.7 Å². The van der Waals surface area contributed by atoms with Gasteiger partial charge in [0.2, 0.25) is 0 Å². The van der Waals surface area contributed by atoms with Gasteiger partial charge in [-0.2, -0.15) is 0 Å². The van der Waals surface area contributed by atoms with Crippen molar-refractivity contribution in [2.24, 2.45) is 0 Å². The average Bonchev–Trinajstić information content (AvgIpc) is 1.85. The van der Waals surface area contributed by atoms with Crippen LogP contribution in [-0.2, 0) is 9.47 Å². The summed E-state index contributed by atoms with van der Waals surface area (Å²) in [5, 5.41) is 0. The number of hydrogen-bond acceptors (Lipinski definition) is 2. The van der Waals surface area contributed by atoms with Crippen LogP contribution in [0.3, 0.4) is 0 Å². The van der Waals surface area contributed by atoms with Gasteiger partial charge in [-0.1, -0.05) is 5.57 Å². The summed E-state index contributed by atoms with van der Waals surface area (Å²) in [6.07, 6.45) is 2.00. The Morgan fingerprint density at radius 2 is 1.58 bits per heavy atom. The molecule has 0 aromatic heterocycles.